The molecule has 1 N–H and O–H groups in total. The zero-order valence-electron chi connectivity index (χ0n) is 13.9. The molecule has 2 aromatic rings. The molecule has 6 heteroatoms. The Balaban J connectivity index is 1.69. The molecular weight excluding hydrogens is 322 g/mol. The van der Waals surface area contributed by atoms with Gasteiger partial charge in [-0.1, -0.05) is 6.07 Å². The minimum absolute atomic E-state index is 0.132. The van der Waals surface area contributed by atoms with Crippen molar-refractivity contribution in [2.45, 2.75) is 25.8 Å². The van der Waals surface area contributed by atoms with Gasteiger partial charge in [0, 0.05) is 17.6 Å². The molecule has 1 fully saturated rings. The maximum Gasteiger partial charge on any atom is 0.256 e. The largest absolute Gasteiger partial charge is 0.477 e. The number of carbonyl (C=O) groups is 1. The summed E-state index contributed by atoms with van der Waals surface area (Å²) in [5, 5.41) is 5.16. The van der Waals surface area contributed by atoms with E-state index in [0.717, 1.165) is 13.1 Å². The second kappa shape index (κ2) is 8.26. The summed E-state index contributed by atoms with van der Waals surface area (Å²) < 4.78 is 5.46. The fourth-order valence-electron chi connectivity index (χ4n) is 3.04. The van der Waals surface area contributed by atoms with Gasteiger partial charge in [-0.05, 0) is 56.4 Å². The van der Waals surface area contributed by atoms with Crippen molar-refractivity contribution in [1.29, 1.82) is 0 Å². The van der Waals surface area contributed by atoms with Gasteiger partial charge in [0.1, 0.15) is 5.56 Å². The van der Waals surface area contributed by atoms with Gasteiger partial charge in [0.2, 0.25) is 5.88 Å². The zero-order valence-corrected chi connectivity index (χ0v) is 14.7. The maximum atomic E-state index is 12.6. The number of ether oxygens (including phenoxy) is 1. The minimum atomic E-state index is -0.132. The molecule has 0 saturated carbocycles. The van der Waals surface area contributed by atoms with Crippen LogP contribution in [0.4, 0.5) is 0 Å². The second-order valence-electron chi connectivity index (χ2n) is 5.77. The standard InChI is InChI=1S/C18H23N3O2S/c1-2-23-18-14(7-5-9-19-18)17(22)20-13-15(16-8-6-12-24-16)21-10-3-4-11-21/h5-9,12,15H,2-4,10-11,13H2,1H3,(H,20,22). The molecule has 3 rings (SSSR count). The number of likely N-dealkylation sites (tertiary alicyclic amines) is 1. The predicted octanol–water partition coefficient (Wildman–Crippen LogP) is 3.11. The van der Waals surface area contributed by atoms with E-state index in [4.69, 9.17) is 4.74 Å². The number of pyridine rings is 1. The van der Waals surface area contributed by atoms with Gasteiger partial charge in [0.05, 0.1) is 12.6 Å². The zero-order chi connectivity index (χ0) is 16.8. The van der Waals surface area contributed by atoms with Gasteiger partial charge in [-0.3, -0.25) is 9.69 Å². The summed E-state index contributed by atoms with van der Waals surface area (Å²) in [5.74, 6) is 0.263. The molecule has 0 bridgehead atoms. The van der Waals surface area contributed by atoms with Crippen LogP contribution in [0.15, 0.2) is 35.8 Å². The third-order valence-corrected chi connectivity index (χ3v) is 5.18. The van der Waals surface area contributed by atoms with Crippen molar-refractivity contribution in [1.82, 2.24) is 15.2 Å². The summed E-state index contributed by atoms with van der Waals surface area (Å²) >= 11 is 1.75. The van der Waals surface area contributed by atoms with Gasteiger partial charge < -0.3 is 10.1 Å². The summed E-state index contributed by atoms with van der Waals surface area (Å²) in [6.07, 6.45) is 4.10. The summed E-state index contributed by atoms with van der Waals surface area (Å²) in [5.41, 5.74) is 0.491. The molecule has 128 valence electrons. The van der Waals surface area contributed by atoms with Gasteiger partial charge in [-0.2, -0.15) is 0 Å². The Morgan fingerprint density at radius 1 is 1.38 bits per heavy atom. The quantitative estimate of drug-likeness (QED) is 0.838. The van der Waals surface area contributed by atoms with Crippen LogP contribution in [0.1, 0.15) is 41.0 Å². The van der Waals surface area contributed by atoms with Crippen molar-refractivity contribution in [3.63, 3.8) is 0 Å². The van der Waals surface area contributed by atoms with Gasteiger partial charge in [-0.15, -0.1) is 11.3 Å². The van der Waals surface area contributed by atoms with Crippen LogP contribution < -0.4 is 10.1 Å². The molecule has 2 aromatic heterocycles. The molecule has 1 amide bonds. The monoisotopic (exact) mass is 345 g/mol. The molecule has 1 atom stereocenters. The number of nitrogens with one attached hydrogen (secondary N) is 1. The molecule has 24 heavy (non-hydrogen) atoms. The first-order chi connectivity index (χ1) is 11.8. The number of amides is 1. The molecule has 1 saturated heterocycles. The van der Waals surface area contributed by atoms with Gasteiger partial charge in [0.25, 0.3) is 5.91 Å². The average molecular weight is 345 g/mol. The summed E-state index contributed by atoms with van der Waals surface area (Å²) in [6, 6.07) is 7.97. The number of hydrogen-bond donors (Lipinski definition) is 1. The number of aromatic nitrogens is 1. The van der Waals surface area contributed by atoms with Gasteiger partial charge in [-0.25, -0.2) is 4.98 Å². The van der Waals surface area contributed by atoms with E-state index in [1.165, 1.54) is 17.7 Å². The van der Waals surface area contributed by atoms with Crippen LogP contribution in [0.2, 0.25) is 0 Å². The molecule has 0 aromatic carbocycles. The second-order valence-corrected chi connectivity index (χ2v) is 6.75. The number of rotatable bonds is 7. The highest BCUT2D eigenvalue weighted by atomic mass is 32.1. The van der Waals surface area contributed by atoms with Crippen LogP contribution in [-0.4, -0.2) is 42.0 Å². The normalized spacial score (nSPS) is 16.0. The first kappa shape index (κ1) is 16.9. The fourth-order valence-corrected chi connectivity index (χ4v) is 3.90. The van der Waals surface area contributed by atoms with Crippen LogP contribution in [0.25, 0.3) is 0 Å². The van der Waals surface area contributed by atoms with E-state index in [2.05, 4.69) is 32.7 Å². The summed E-state index contributed by atoms with van der Waals surface area (Å²) in [4.78, 5) is 20.5. The molecule has 0 radical (unpaired) electrons. The molecular formula is C18H23N3O2S. The van der Waals surface area contributed by atoms with Crippen molar-refractivity contribution in [3.8, 4) is 5.88 Å². The van der Waals surface area contributed by atoms with E-state index in [9.17, 15) is 4.79 Å². The van der Waals surface area contributed by atoms with E-state index < -0.39 is 0 Å². The van der Waals surface area contributed by atoms with E-state index in [-0.39, 0.29) is 11.9 Å². The Kier molecular flexibility index (Phi) is 5.82. The Morgan fingerprint density at radius 3 is 2.92 bits per heavy atom. The fraction of sp³-hybridized carbons (Fsp3) is 0.444. The number of carbonyl (C=O) groups excluding carboxylic acids is 1. The molecule has 0 aliphatic carbocycles. The topological polar surface area (TPSA) is 54.5 Å². The summed E-state index contributed by atoms with van der Waals surface area (Å²) in [7, 11) is 0. The highest BCUT2D eigenvalue weighted by molar-refractivity contribution is 7.10. The van der Waals surface area contributed by atoms with E-state index in [1.54, 1.807) is 29.7 Å². The third kappa shape index (κ3) is 3.94. The van der Waals surface area contributed by atoms with E-state index in [0.29, 0.717) is 24.6 Å². The van der Waals surface area contributed by atoms with Crippen molar-refractivity contribution in [2.75, 3.05) is 26.2 Å². The van der Waals surface area contributed by atoms with Gasteiger partial charge >= 0.3 is 0 Å². The van der Waals surface area contributed by atoms with Crippen molar-refractivity contribution in [3.05, 3.63) is 46.3 Å². The molecule has 1 aliphatic rings. The van der Waals surface area contributed by atoms with Crippen LogP contribution >= 0.6 is 11.3 Å². The average Bonchev–Trinajstić information content (AvgIpc) is 3.30. The highest BCUT2D eigenvalue weighted by Gasteiger charge is 2.25. The van der Waals surface area contributed by atoms with Crippen LogP contribution in [0.3, 0.4) is 0 Å². The van der Waals surface area contributed by atoms with Gasteiger partial charge in [0.15, 0.2) is 0 Å². The van der Waals surface area contributed by atoms with Crippen molar-refractivity contribution < 1.29 is 9.53 Å². The van der Waals surface area contributed by atoms with Crippen molar-refractivity contribution in [2.24, 2.45) is 0 Å². The Labute approximate surface area is 146 Å². The van der Waals surface area contributed by atoms with Crippen LogP contribution in [0, 0.1) is 0 Å². The predicted molar refractivity (Wildman–Crippen MR) is 95.6 cm³/mol. The number of thiophene rings is 1. The number of hydrogen-bond acceptors (Lipinski definition) is 5. The van der Waals surface area contributed by atoms with Crippen LogP contribution in [0.5, 0.6) is 5.88 Å². The molecule has 3 heterocycles. The van der Waals surface area contributed by atoms with Crippen LogP contribution in [-0.2, 0) is 0 Å². The van der Waals surface area contributed by atoms with E-state index in [1.807, 2.05) is 6.92 Å². The SMILES string of the molecule is CCOc1ncccc1C(=O)NCC(c1cccs1)N1CCCC1. The minimum Gasteiger partial charge on any atom is -0.477 e. The highest BCUT2D eigenvalue weighted by Crippen LogP contribution is 2.28. The lowest BCUT2D eigenvalue weighted by Gasteiger charge is -2.27. The Bertz CT molecular complexity index is 654. The lowest BCUT2D eigenvalue weighted by atomic mass is 10.2. The lowest BCUT2D eigenvalue weighted by Crippen LogP contribution is -2.36. The third-order valence-electron chi connectivity index (χ3n) is 4.21. The summed E-state index contributed by atoms with van der Waals surface area (Å²) in [6.45, 7) is 5.16. The molecule has 1 aliphatic heterocycles. The first-order valence-corrected chi connectivity index (χ1v) is 9.31. The molecule has 5 nitrogen and oxygen atoms in total. The maximum absolute atomic E-state index is 12.6. The smallest absolute Gasteiger partial charge is 0.256 e. The Morgan fingerprint density at radius 2 is 2.21 bits per heavy atom. The number of nitrogens with zero attached hydrogens (tertiary/aromatic N) is 2. The Hall–Kier alpha value is -1.92. The van der Waals surface area contributed by atoms with Crippen molar-refractivity contribution >= 4 is 17.2 Å². The first-order valence-electron chi connectivity index (χ1n) is 8.43. The van der Waals surface area contributed by atoms with E-state index >= 15 is 0 Å². The molecule has 1 unspecified atom stereocenters. The molecule has 0 spiro atoms. The lowest BCUT2D eigenvalue weighted by molar-refractivity contribution is 0.0933.